The van der Waals surface area contributed by atoms with Gasteiger partial charge in [-0.1, -0.05) is 303 Å². The highest BCUT2D eigenvalue weighted by molar-refractivity contribution is 5.71. The van der Waals surface area contributed by atoms with Crippen LogP contribution in [0.15, 0.2) is 122 Å². The summed E-state index contributed by atoms with van der Waals surface area (Å²) in [6, 6.07) is 0. The highest BCUT2D eigenvalue weighted by Gasteiger charge is 2.19. The Bertz CT molecular complexity index is 1670. The van der Waals surface area contributed by atoms with Gasteiger partial charge in [-0.2, -0.15) is 0 Å². The average molecular weight is 1120 g/mol. The van der Waals surface area contributed by atoms with Crippen LogP contribution < -0.4 is 0 Å². The predicted molar refractivity (Wildman–Crippen MR) is 353 cm³/mol. The summed E-state index contributed by atoms with van der Waals surface area (Å²) in [5, 5.41) is 0. The zero-order chi connectivity index (χ0) is 58.5. The van der Waals surface area contributed by atoms with Crippen molar-refractivity contribution in [1.29, 1.82) is 0 Å². The molecule has 0 rings (SSSR count). The largest absolute Gasteiger partial charge is 0.462 e. The molecular formula is C75H126O6. The van der Waals surface area contributed by atoms with Gasteiger partial charge in [0.1, 0.15) is 13.2 Å². The van der Waals surface area contributed by atoms with Crippen LogP contribution in [-0.4, -0.2) is 37.2 Å². The topological polar surface area (TPSA) is 78.9 Å². The van der Waals surface area contributed by atoms with Crippen LogP contribution in [0.25, 0.3) is 0 Å². The molecular weight excluding hydrogens is 997 g/mol. The SMILES string of the molecule is CC/C=C\C/C=C\C/C=C\C/C=C\C/C=C\C/C=C\C/C=C\CCCCCCCCCC(=O)OCC(COC(=O)CCCCCCCCCCCCCCC)OC(=O)CCCCCCCC/C=C\C/C=C\C/C=C\CCCCCCC. The number of hydrogen-bond acceptors (Lipinski definition) is 6. The van der Waals surface area contributed by atoms with E-state index in [0.29, 0.717) is 19.3 Å². The molecule has 0 aromatic rings. The molecule has 0 aliphatic rings. The van der Waals surface area contributed by atoms with Crippen LogP contribution in [0, 0.1) is 0 Å². The Morgan fingerprint density at radius 1 is 0.259 bits per heavy atom. The zero-order valence-electron chi connectivity index (χ0n) is 53.0. The Labute approximate surface area is 501 Å². The van der Waals surface area contributed by atoms with E-state index in [1.54, 1.807) is 0 Å². The maximum Gasteiger partial charge on any atom is 0.306 e. The third-order valence-corrected chi connectivity index (χ3v) is 14.5. The van der Waals surface area contributed by atoms with E-state index >= 15 is 0 Å². The molecule has 0 aliphatic carbocycles. The Morgan fingerprint density at radius 2 is 0.481 bits per heavy atom. The molecule has 1 unspecified atom stereocenters. The van der Waals surface area contributed by atoms with Gasteiger partial charge in [0, 0.05) is 19.3 Å². The summed E-state index contributed by atoms with van der Waals surface area (Å²) >= 11 is 0. The summed E-state index contributed by atoms with van der Waals surface area (Å²) in [4.78, 5) is 38.4. The summed E-state index contributed by atoms with van der Waals surface area (Å²) in [5.41, 5.74) is 0. The Kier molecular flexibility index (Phi) is 64.8. The van der Waals surface area contributed by atoms with Gasteiger partial charge in [-0.25, -0.2) is 0 Å². The van der Waals surface area contributed by atoms with Crippen LogP contribution in [0.2, 0.25) is 0 Å². The molecule has 0 radical (unpaired) electrons. The first-order valence-corrected chi connectivity index (χ1v) is 34.0. The molecule has 0 saturated carbocycles. The molecule has 462 valence electrons. The smallest absolute Gasteiger partial charge is 0.306 e. The number of ether oxygens (including phenoxy) is 3. The fourth-order valence-electron chi connectivity index (χ4n) is 9.37. The van der Waals surface area contributed by atoms with E-state index in [4.69, 9.17) is 14.2 Å². The van der Waals surface area contributed by atoms with Gasteiger partial charge in [0.2, 0.25) is 0 Å². The van der Waals surface area contributed by atoms with Gasteiger partial charge in [0.15, 0.2) is 6.10 Å². The Balaban J connectivity index is 4.37. The molecule has 6 nitrogen and oxygen atoms in total. The van der Waals surface area contributed by atoms with Crippen molar-refractivity contribution in [3.05, 3.63) is 122 Å². The number of allylic oxidation sites excluding steroid dienone is 20. The van der Waals surface area contributed by atoms with Crippen LogP contribution in [0.5, 0.6) is 0 Å². The first kappa shape index (κ1) is 76.8. The molecule has 0 N–H and O–H groups in total. The third-order valence-electron chi connectivity index (χ3n) is 14.5. The second-order valence-electron chi connectivity index (χ2n) is 22.4. The highest BCUT2D eigenvalue weighted by atomic mass is 16.6. The summed E-state index contributed by atoms with van der Waals surface area (Å²) in [7, 11) is 0. The lowest BCUT2D eigenvalue weighted by Gasteiger charge is -2.18. The van der Waals surface area contributed by atoms with Crippen molar-refractivity contribution in [3.63, 3.8) is 0 Å². The van der Waals surface area contributed by atoms with Gasteiger partial charge in [-0.3, -0.25) is 14.4 Å². The van der Waals surface area contributed by atoms with Crippen molar-refractivity contribution in [3.8, 4) is 0 Å². The fraction of sp³-hybridized carbons (Fsp3) is 0.693. The lowest BCUT2D eigenvalue weighted by molar-refractivity contribution is -0.167. The average Bonchev–Trinajstić information content (AvgIpc) is 3.46. The quantitative estimate of drug-likeness (QED) is 0.0261. The van der Waals surface area contributed by atoms with E-state index in [9.17, 15) is 14.4 Å². The minimum absolute atomic E-state index is 0.0864. The first-order chi connectivity index (χ1) is 40.0. The highest BCUT2D eigenvalue weighted by Crippen LogP contribution is 2.16. The normalized spacial score (nSPS) is 12.9. The van der Waals surface area contributed by atoms with Gasteiger partial charge < -0.3 is 14.2 Å². The number of esters is 3. The summed E-state index contributed by atoms with van der Waals surface area (Å²) in [6.45, 7) is 6.52. The van der Waals surface area contributed by atoms with Crippen molar-refractivity contribution in [2.45, 2.75) is 322 Å². The molecule has 0 fully saturated rings. The summed E-state index contributed by atoms with van der Waals surface area (Å²) < 4.78 is 16.9. The van der Waals surface area contributed by atoms with Crippen molar-refractivity contribution >= 4 is 17.9 Å². The molecule has 0 spiro atoms. The molecule has 0 amide bonds. The molecule has 0 saturated heterocycles. The molecule has 0 aromatic carbocycles. The maximum atomic E-state index is 12.9. The van der Waals surface area contributed by atoms with Crippen molar-refractivity contribution in [2.75, 3.05) is 13.2 Å². The maximum absolute atomic E-state index is 12.9. The van der Waals surface area contributed by atoms with Gasteiger partial charge in [-0.15, -0.1) is 0 Å². The van der Waals surface area contributed by atoms with Crippen LogP contribution in [0.3, 0.4) is 0 Å². The van der Waals surface area contributed by atoms with Crippen molar-refractivity contribution in [2.24, 2.45) is 0 Å². The predicted octanol–water partition coefficient (Wildman–Crippen LogP) is 23.6. The Morgan fingerprint density at radius 3 is 0.753 bits per heavy atom. The minimum atomic E-state index is -0.793. The monoisotopic (exact) mass is 1120 g/mol. The minimum Gasteiger partial charge on any atom is -0.462 e. The standard InChI is InChI=1S/C75H126O6/c1-4-7-10-13-16-19-22-25-27-29-31-33-34-35-36-37-38-39-40-42-43-45-47-50-53-56-59-62-65-68-74(77)80-71-72(70-79-73(76)67-64-61-58-55-52-49-24-21-18-15-12-9-6-3)81-75(78)69-66-63-60-57-54-51-48-46-44-41-32-30-28-26-23-20-17-14-11-8-5-2/h7,10,16,19,23,25-27,30-33,35-36,38-39,42-44,46,72H,4-6,8-9,11-15,17-18,20-22,24,28-29,34,37,40-41,45,47-71H2,1-3H3/b10-7-,19-16-,26-23-,27-25-,32-30-,33-31-,36-35-,39-38-,43-42-,46-44-. The van der Waals surface area contributed by atoms with E-state index in [1.807, 2.05) is 0 Å². The van der Waals surface area contributed by atoms with Gasteiger partial charge >= 0.3 is 17.9 Å². The first-order valence-electron chi connectivity index (χ1n) is 34.0. The molecule has 6 heteroatoms. The van der Waals surface area contributed by atoms with E-state index in [0.717, 1.165) is 135 Å². The van der Waals surface area contributed by atoms with Crippen LogP contribution in [0.4, 0.5) is 0 Å². The second-order valence-corrected chi connectivity index (χ2v) is 22.4. The second kappa shape index (κ2) is 68.3. The van der Waals surface area contributed by atoms with Crippen molar-refractivity contribution in [1.82, 2.24) is 0 Å². The molecule has 0 aliphatic heterocycles. The molecule has 0 bridgehead atoms. The van der Waals surface area contributed by atoms with Gasteiger partial charge in [-0.05, 0) is 116 Å². The van der Waals surface area contributed by atoms with Crippen LogP contribution >= 0.6 is 0 Å². The lowest BCUT2D eigenvalue weighted by Crippen LogP contribution is -2.30. The number of rotatable bonds is 61. The van der Waals surface area contributed by atoms with Crippen LogP contribution in [0.1, 0.15) is 316 Å². The summed E-state index contributed by atoms with van der Waals surface area (Å²) in [6.07, 6.45) is 94.9. The van der Waals surface area contributed by atoms with Crippen molar-refractivity contribution < 1.29 is 28.6 Å². The number of hydrogen-bond donors (Lipinski definition) is 0. The third kappa shape index (κ3) is 66.5. The molecule has 0 heterocycles. The molecule has 1 atom stereocenters. The number of unbranched alkanes of at least 4 members (excludes halogenated alkanes) is 30. The van der Waals surface area contributed by atoms with E-state index in [2.05, 4.69) is 142 Å². The Hall–Kier alpha value is -4.19. The summed E-state index contributed by atoms with van der Waals surface area (Å²) in [5.74, 6) is -0.902. The van der Waals surface area contributed by atoms with E-state index in [-0.39, 0.29) is 31.1 Å². The van der Waals surface area contributed by atoms with E-state index < -0.39 is 6.10 Å². The number of carbonyl (C=O) groups excluding carboxylic acids is 3. The zero-order valence-corrected chi connectivity index (χ0v) is 53.0. The lowest BCUT2D eigenvalue weighted by atomic mass is 10.0. The fourth-order valence-corrected chi connectivity index (χ4v) is 9.37. The van der Waals surface area contributed by atoms with E-state index in [1.165, 1.54) is 141 Å². The molecule has 81 heavy (non-hydrogen) atoms. The van der Waals surface area contributed by atoms with Gasteiger partial charge in [0.25, 0.3) is 0 Å². The van der Waals surface area contributed by atoms with Gasteiger partial charge in [0.05, 0.1) is 0 Å². The van der Waals surface area contributed by atoms with Crippen LogP contribution in [-0.2, 0) is 28.6 Å². The number of carbonyl (C=O) groups is 3. The molecule has 0 aromatic heterocycles.